The lowest BCUT2D eigenvalue weighted by Gasteiger charge is -2.31. The van der Waals surface area contributed by atoms with Crippen LogP contribution in [0.2, 0.25) is 0 Å². The molecule has 0 spiro atoms. The Hall–Kier alpha value is -3.43. The summed E-state index contributed by atoms with van der Waals surface area (Å²) in [7, 11) is 0. The number of carbonyl (C=O) groups is 1. The van der Waals surface area contributed by atoms with E-state index in [0.717, 1.165) is 12.1 Å². The molecule has 1 fully saturated rings. The monoisotopic (exact) mass is 416 g/mol. The lowest BCUT2D eigenvalue weighted by molar-refractivity contribution is -0.137. The quantitative estimate of drug-likeness (QED) is 0.704. The molecule has 1 aromatic carbocycles. The maximum atomic E-state index is 13.2. The summed E-state index contributed by atoms with van der Waals surface area (Å²) >= 11 is 0. The minimum absolute atomic E-state index is 0.0762. The lowest BCUT2D eigenvalue weighted by Crippen LogP contribution is -2.39. The van der Waals surface area contributed by atoms with Gasteiger partial charge in [-0.25, -0.2) is 14.6 Å². The number of nitrogens with zero attached hydrogens (tertiary/aromatic N) is 5. The zero-order chi connectivity index (χ0) is 21.1. The van der Waals surface area contributed by atoms with Gasteiger partial charge in [-0.3, -0.25) is 4.79 Å². The second-order valence-corrected chi connectivity index (χ2v) is 6.98. The Morgan fingerprint density at radius 2 is 1.80 bits per heavy atom. The Kier molecular flexibility index (Phi) is 5.39. The van der Waals surface area contributed by atoms with Gasteiger partial charge >= 0.3 is 6.18 Å². The summed E-state index contributed by atoms with van der Waals surface area (Å²) in [5, 5.41) is 6.75. The normalized spacial score (nSPS) is 15.2. The van der Waals surface area contributed by atoms with Crippen LogP contribution in [-0.4, -0.2) is 38.7 Å². The number of carbonyl (C=O) groups excluding carboxylic acids is 1. The van der Waals surface area contributed by atoms with Crippen LogP contribution >= 0.6 is 0 Å². The van der Waals surface area contributed by atoms with E-state index in [-0.39, 0.29) is 17.5 Å². The van der Waals surface area contributed by atoms with Gasteiger partial charge in [0.15, 0.2) is 0 Å². The molecule has 2 aromatic heterocycles. The molecule has 0 atom stereocenters. The van der Waals surface area contributed by atoms with Crippen molar-refractivity contribution in [2.75, 3.05) is 23.3 Å². The van der Waals surface area contributed by atoms with E-state index in [1.54, 1.807) is 30.7 Å². The highest BCUT2D eigenvalue weighted by Crippen LogP contribution is 2.34. The summed E-state index contributed by atoms with van der Waals surface area (Å²) in [5.41, 5.74) is -0.381. The first-order valence-electron chi connectivity index (χ1n) is 9.46. The SMILES string of the molecule is O=C(Nc1cc(C(F)(F)F)ccc1-n1cccn1)C1CCN(c2ncccn2)CC1. The fourth-order valence-corrected chi connectivity index (χ4v) is 3.45. The summed E-state index contributed by atoms with van der Waals surface area (Å²) in [4.78, 5) is 23.2. The molecule has 3 heterocycles. The molecular weight excluding hydrogens is 397 g/mol. The summed E-state index contributed by atoms with van der Waals surface area (Å²) in [6.07, 6.45) is 3.04. The number of piperidine rings is 1. The summed E-state index contributed by atoms with van der Waals surface area (Å²) < 4.78 is 41.0. The summed E-state index contributed by atoms with van der Waals surface area (Å²) in [5.74, 6) is -0.0171. The van der Waals surface area contributed by atoms with Crippen LogP contribution in [0.5, 0.6) is 0 Å². The molecule has 0 aliphatic carbocycles. The number of amides is 1. The van der Waals surface area contributed by atoms with Gasteiger partial charge in [0, 0.05) is 43.8 Å². The largest absolute Gasteiger partial charge is 0.416 e. The van der Waals surface area contributed by atoms with Crippen molar-refractivity contribution in [3.63, 3.8) is 0 Å². The van der Waals surface area contributed by atoms with E-state index in [1.165, 1.54) is 16.9 Å². The molecular formula is C20H19F3N6O. The van der Waals surface area contributed by atoms with Crippen LogP contribution in [0.25, 0.3) is 5.69 Å². The number of anilines is 2. The zero-order valence-electron chi connectivity index (χ0n) is 15.9. The highest BCUT2D eigenvalue weighted by Gasteiger charge is 2.32. The second kappa shape index (κ2) is 8.13. The average molecular weight is 416 g/mol. The van der Waals surface area contributed by atoms with E-state index in [2.05, 4.69) is 20.4 Å². The number of alkyl halides is 3. The van der Waals surface area contributed by atoms with Crippen molar-refractivity contribution >= 4 is 17.5 Å². The summed E-state index contributed by atoms with van der Waals surface area (Å²) in [6.45, 7) is 1.19. The van der Waals surface area contributed by atoms with Gasteiger partial charge < -0.3 is 10.2 Å². The molecule has 0 radical (unpaired) electrons. The van der Waals surface area contributed by atoms with Gasteiger partial charge in [0.25, 0.3) is 0 Å². The number of hydrogen-bond donors (Lipinski definition) is 1. The third kappa shape index (κ3) is 4.27. The van der Waals surface area contributed by atoms with E-state index in [4.69, 9.17) is 0 Å². The molecule has 1 saturated heterocycles. The van der Waals surface area contributed by atoms with Crippen molar-refractivity contribution in [3.05, 3.63) is 60.7 Å². The highest BCUT2D eigenvalue weighted by atomic mass is 19.4. The molecule has 1 aliphatic rings. The van der Waals surface area contributed by atoms with Crippen molar-refractivity contribution in [1.29, 1.82) is 0 Å². The lowest BCUT2D eigenvalue weighted by atomic mass is 9.96. The Balaban J connectivity index is 1.50. The number of halogens is 3. The fraction of sp³-hybridized carbons (Fsp3) is 0.300. The van der Waals surface area contributed by atoms with Crippen molar-refractivity contribution in [2.24, 2.45) is 5.92 Å². The first-order chi connectivity index (χ1) is 14.4. The van der Waals surface area contributed by atoms with Gasteiger partial charge in [0.1, 0.15) is 0 Å². The minimum atomic E-state index is -4.51. The Labute approximate surface area is 170 Å². The van der Waals surface area contributed by atoms with E-state index >= 15 is 0 Å². The predicted molar refractivity (Wildman–Crippen MR) is 104 cm³/mol. The van der Waals surface area contributed by atoms with Gasteiger partial charge in [0.05, 0.1) is 16.9 Å². The molecule has 30 heavy (non-hydrogen) atoms. The summed E-state index contributed by atoms with van der Waals surface area (Å²) in [6, 6.07) is 6.62. The average Bonchev–Trinajstić information content (AvgIpc) is 3.28. The molecule has 0 bridgehead atoms. The molecule has 0 unspecified atom stereocenters. The van der Waals surface area contributed by atoms with Gasteiger partial charge in [-0.1, -0.05) is 0 Å². The maximum absolute atomic E-state index is 13.2. The number of hydrogen-bond acceptors (Lipinski definition) is 5. The van der Waals surface area contributed by atoms with E-state index in [1.807, 2.05) is 4.90 Å². The Morgan fingerprint density at radius 1 is 1.07 bits per heavy atom. The zero-order valence-corrected chi connectivity index (χ0v) is 15.9. The number of aromatic nitrogens is 4. The van der Waals surface area contributed by atoms with E-state index < -0.39 is 11.7 Å². The van der Waals surface area contributed by atoms with E-state index in [0.29, 0.717) is 37.6 Å². The van der Waals surface area contributed by atoms with Crippen molar-refractivity contribution in [3.8, 4) is 5.69 Å². The highest BCUT2D eigenvalue weighted by molar-refractivity contribution is 5.94. The molecule has 3 aromatic rings. The predicted octanol–water partition coefficient (Wildman–Crippen LogP) is 3.54. The molecule has 1 N–H and O–H groups in total. The first kappa shape index (κ1) is 19.9. The molecule has 7 nitrogen and oxygen atoms in total. The smallest absolute Gasteiger partial charge is 0.341 e. The van der Waals surface area contributed by atoms with Crippen LogP contribution in [0.3, 0.4) is 0 Å². The fourth-order valence-electron chi connectivity index (χ4n) is 3.45. The van der Waals surface area contributed by atoms with Crippen LogP contribution in [0.4, 0.5) is 24.8 Å². The van der Waals surface area contributed by atoms with Crippen molar-refractivity contribution in [2.45, 2.75) is 19.0 Å². The van der Waals surface area contributed by atoms with Crippen LogP contribution in [0, 0.1) is 5.92 Å². The van der Waals surface area contributed by atoms with Crippen LogP contribution in [-0.2, 0) is 11.0 Å². The Bertz CT molecular complexity index is 999. The van der Waals surface area contributed by atoms with Gasteiger partial charge in [-0.15, -0.1) is 0 Å². The topological polar surface area (TPSA) is 75.9 Å². The number of rotatable bonds is 4. The minimum Gasteiger partial charge on any atom is -0.341 e. The van der Waals surface area contributed by atoms with Gasteiger partial charge in [-0.2, -0.15) is 18.3 Å². The van der Waals surface area contributed by atoms with Crippen molar-refractivity contribution < 1.29 is 18.0 Å². The van der Waals surface area contributed by atoms with Crippen LogP contribution in [0.1, 0.15) is 18.4 Å². The maximum Gasteiger partial charge on any atom is 0.416 e. The molecule has 156 valence electrons. The molecule has 4 rings (SSSR count). The number of nitrogens with one attached hydrogen (secondary N) is 1. The van der Waals surface area contributed by atoms with Gasteiger partial charge in [0.2, 0.25) is 11.9 Å². The molecule has 1 amide bonds. The molecule has 10 heteroatoms. The third-order valence-corrected chi connectivity index (χ3v) is 5.03. The van der Waals surface area contributed by atoms with Crippen molar-refractivity contribution in [1.82, 2.24) is 19.7 Å². The Morgan fingerprint density at radius 3 is 2.43 bits per heavy atom. The second-order valence-electron chi connectivity index (χ2n) is 6.98. The number of benzene rings is 1. The van der Waals surface area contributed by atoms with E-state index in [9.17, 15) is 18.0 Å². The van der Waals surface area contributed by atoms with Crippen LogP contribution in [0.15, 0.2) is 55.1 Å². The third-order valence-electron chi connectivity index (χ3n) is 5.03. The first-order valence-corrected chi connectivity index (χ1v) is 9.46. The standard InChI is InChI=1S/C20H19F3N6O/c21-20(22,23)15-3-4-17(29-10-2-9-26-29)16(13-15)27-18(30)14-5-11-28(12-6-14)19-24-7-1-8-25-19/h1-4,7-10,13-14H,5-6,11-12H2,(H,27,30). The van der Waals surface area contributed by atoms with Crippen LogP contribution < -0.4 is 10.2 Å². The molecule has 0 saturated carbocycles. The molecule has 1 aliphatic heterocycles. The van der Waals surface area contributed by atoms with Gasteiger partial charge in [-0.05, 0) is 43.2 Å².